The summed E-state index contributed by atoms with van der Waals surface area (Å²) in [6, 6.07) is 1.51. The number of aryl methyl sites for hydroxylation is 1. The smallest absolute Gasteiger partial charge is 0.338 e. The van der Waals surface area contributed by atoms with Crippen molar-refractivity contribution in [2.24, 2.45) is 7.05 Å². The van der Waals surface area contributed by atoms with Gasteiger partial charge in [0.1, 0.15) is 11.6 Å². The number of halogens is 1. The molecule has 0 aliphatic carbocycles. The van der Waals surface area contributed by atoms with Crippen molar-refractivity contribution in [1.82, 2.24) is 14.8 Å². The molecule has 10 heteroatoms. The molecule has 0 fully saturated rings. The van der Waals surface area contributed by atoms with Crippen molar-refractivity contribution in [3.8, 4) is 0 Å². The van der Waals surface area contributed by atoms with Crippen molar-refractivity contribution in [3.05, 3.63) is 39.5 Å². The fourth-order valence-electron chi connectivity index (χ4n) is 1.51. The number of aromatic carboxylic acids is 1. The largest absolute Gasteiger partial charge is 0.478 e. The summed E-state index contributed by atoms with van der Waals surface area (Å²) in [4.78, 5) is 21.1. The number of hydrogen-bond acceptors (Lipinski definition) is 6. The minimum Gasteiger partial charge on any atom is -0.478 e. The normalized spacial score (nSPS) is 10.6. The molecule has 0 amide bonds. The second-order valence-electron chi connectivity index (χ2n) is 4.05. The average Bonchev–Trinajstić information content (AvgIpc) is 2.71. The fraction of sp³-hybridized carbons (Fsp3) is 0.182. The van der Waals surface area contributed by atoms with Crippen LogP contribution in [0.25, 0.3) is 0 Å². The van der Waals surface area contributed by atoms with Crippen LogP contribution in [0.4, 0.5) is 10.1 Å². The van der Waals surface area contributed by atoms with Crippen LogP contribution in [0.2, 0.25) is 0 Å². The number of carboxylic acids is 1. The number of nitro groups is 1. The quantitative estimate of drug-likeness (QED) is 0.679. The van der Waals surface area contributed by atoms with Crippen LogP contribution in [0, 0.1) is 22.9 Å². The summed E-state index contributed by atoms with van der Waals surface area (Å²) in [6.07, 6.45) is 0. The van der Waals surface area contributed by atoms with Gasteiger partial charge in [0.25, 0.3) is 5.69 Å². The van der Waals surface area contributed by atoms with E-state index < -0.39 is 28.0 Å². The standard InChI is InChI=1S/C11H9FN4O4S/c1-5-13-14-11(15(5)2)21-9-3-6(10(17)18)7(12)4-8(9)16(19)20/h3-4H,1-2H3,(H,17,18). The molecule has 0 atom stereocenters. The second kappa shape index (κ2) is 5.48. The summed E-state index contributed by atoms with van der Waals surface area (Å²) in [7, 11) is 1.66. The van der Waals surface area contributed by atoms with E-state index in [4.69, 9.17) is 5.11 Å². The van der Waals surface area contributed by atoms with Crippen molar-refractivity contribution in [2.45, 2.75) is 17.0 Å². The van der Waals surface area contributed by atoms with Gasteiger partial charge in [-0.1, -0.05) is 0 Å². The minimum atomic E-state index is -1.50. The summed E-state index contributed by atoms with van der Waals surface area (Å²) in [5, 5.41) is 27.8. The summed E-state index contributed by atoms with van der Waals surface area (Å²) in [6.45, 7) is 1.69. The lowest BCUT2D eigenvalue weighted by atomic mass is 10.2. The van der Waals surface area contributed by atoms with E-state index in [0.717, 1.165) is 17.8 Å². The van der Waals surface area contributed by atoms with Gasteiger partial charge in [-0.15, -0.1) is 10.2 Å². The van der Waals surface area contributed by atoms with Crippen molar-refractivity contribution < 1.29 is 19.2 Å². The van der Waals surface area contributed by atoms with Crippen LogP contribution in [0.15, 0.2) is 22.2 Å². The Bertz CT molecular complexity index is 746. The molecule has 110 valence electrons. The lowest BCUT2D eigenvalue weighted by Crippen LogP contribution is -2.03. The third-order valence-corrected chi connectivity index (χ3v) is 3.81. The maximum atomic E-state index is 13.5. The molecule has 0 aliphatic heterocycles. The molecule has 1 N–H and O–H groups in total. The van der Waals surface area contributed by atoms with E-state index in [0.29, 0.717) is 17.0 Å². The minimum absolute atomic E-state index is 0.0192. The molecule has 2 aromatic rings. The van der Waals surface area contributed by atoms with E-state index >= 15 is 0 Å². The highest BCUT2D eigenvalue weighted by Crippen LogP contribution is 2.35. The van der Waals surface area contributed by atoms with E-state index in [1.165, 1.54) is 0 Å². The van der Waals surface area contributed by atoms with Gasteiger partial charge in [0.05, 0.1) is 21.4 Å². The van der Waals surface area contributed by atoms with Crippen LogP contribution in [-0.2, 0) is 7.05 Å². The maximum Gasteiger partial charge on any atom is 0.338 e. The molecule has 21 heavy (non-hydrogen) atoms. The Balaban J connectivity index is 2.55. The monoisotopic (exact) mass is 312 g/mol. The van der Waals surface area contributed by atoms with Gasteiger partial charge in [0.15, 0.2) is 5.16 Å². The Morgan fingerprint density at radius 1 is 1.48 bits per heavy atom. The van der Waals surface area contributed by atoms with Crippen LogP contribution in [0.1, 0.15) is 16.2 Å². The van der Waals surface area contributed by atoms with Gasteiger partial charge < -0.3 is 9.67 Å². The summed E-state index contributed by atoms with van der Waals surface area (Å²) >= 11 is 0.848. The molecular formula is C11H9FN4O4S. The first-order valence-corrected chi connectivity index (χ1v) is 6.38. The highest BCUT2D eigenvalue weighted by Gasteiger charge is 2.23. The number of carbonyl (C=O) groups is 1. The molecule has 0 radical (unpaired) electrons. The number of aromatic nitrogens is 3. The van der Waals surface area contributed by atoms with E-state index in [1.807, 2.05) is 0 Å². The number of carboxylic acid groups (broad SMARTS) is 1. The zero-order chi connectivity index (χ0) is 15.7. The number of benzene rings is 1. The van der Waals surface area contributed by atoms with Gasteiger partial charge in [0, 0.05) is 7.05 Å². The van der Waals surface area contributed by atoms with Gasteiger partial charge >= 0.3 is 5.97 Å². The van der Waals surface area contributed by atoms with Crippen LogP contribution >= 0.6 is 11.8 Å². The van der Waals surface area contributed by atoms with Crippen LogP contribution in [0.3, 0.4) is 0 Å². The second-order valence-corrected chi connectivity index (χ2v) is 5.06. The third kappa shape index (κ3) is 2.84. The maximum absolute atomic E-state index is 13.5. The molecule has 2 rings (SSSR count). The Labute approximate surface area is 121 Å². The van der Waals surface area contributed by atoms with Crippen molar-refractivity contribution in [2.75, 3.05) is 0 Å². The lowest BCUT2D eigenvalue weighted by Gasteiger charge is -2.05. The van der Waals surface area contributed by atoms with Crippen molar-refractivity contribution in [3.63, 3.8) is 0 Å². The third-order valence-electron chi connectivity index (χ3n) is 2.73. The molecule has 0 saturated carbocycles. The molecule has 1 heterocycles. The zero-order valence-electron chi connectivity index (χ0n) is 10.9. The average molecular weight is 312 g/mol. The van der Waals surface area contributed by atoms with Gasteiger partial charge in [-0.3, -0.25) is 10.1 Å². The van der Waals surface area contributed by atoms with E-state index in [2.05, 4.69) is 10.2 Å². The highest BCUT2D eigenvalue weighted by atomic mass is 32.2. The predicted octanol–water partition coefficient (Wildman–Crippen LogP) is 2.02. The number of hydrogen-bond donors (Lipinski definition) is 1. The molecule has 0 spiro atoms. The first-order valence-electron chi connectivity index (χ1n) is 5.56. The molecular weight excluding hydrogens is 303 g/mol. The summed E-state index contributed by atoms with van der Waals surface area (Å²) in [5.74, 6) is -2.08. The number of nitrogens with zero attached hydrogens (tertiary/aromatic N) is 4. The molecule has 0 saturated heterocycles. The summed E-state index contributed by atoms with van der Waals surface area (Å²) < 4.78 is 15.1. The van der Waals surface area contributed by atoms with Gasteiger partial charge in [-0.2, -0.15) is 0 Å². The van der Waals surface area contributed by atoms with Gasteiger partial charge in [-0.05, 0) is 24.8 Å². The molecule has 0 bridgehead atoms. The van der Waals surface area contributed by atoms with Crippen molar-refractivity contribution in [1.29, 1.82) is 0 Å². The summed E-state index contributed by atoms with van der Waals surface area (Å²) in [5.41, 5.74) is -1.16. The molecule has 0 unspecified atom stereocenters. The topological polar surface area (TPSA) is 111 Å². The van der Waals surface area contributed by atoms with Crippen LogP contribution < -0.4 is 0 Å². The first-order chi connectivity index (χ1) is 9.81. The number of rotatable bonds is 4. The predicted molar refractivity (Wildman–Crippen MR) is 69.9 cm³/mol. The molecule has 0 aliphatic rings. The molecule has 1 aromatic heterocycles. The van der Waals surface area contributed by atoms with Crippen LogP contribution in [0.5, 0.6) is 0 Å². The Hall–Kier alpha value is -2.49. The molecule has 8 nitrogen and oxygen atoms in total. The molecule has 1 aromatic carbocycles. The zero-order valence-corrected chi connectivity index (χ0v) is 11.7. The number of nitro benzene ring substituents is 1. The Morgan fingerprint density at radius 3 is 2.62 bits per heavy atom. The highest BCUT2D eigenvalue weighted by molar-refractivity contribution is 7.99. The van der Waals surface area contributed by atoms with Crippen molar-refractivity contribution >= 4 is 23.4 Å². The first kappa shape index (κ1) is 14.9. The lowest BCUT2D eigenvalue weighted by molar-refractivity contribution is -0.387. The Morgan fingerprint density at radius 2 is 2.14 bits per heavy atom. The van der Waals surface area contributed by atoms with Crippen LogP contribution in [-0.4, -0.2) is 30.8 Å². The fourth-order valence-corrected chi connectivity index (χ4v) is 2.47. The van der Waals surface area contributed by atoms with E-state index in [1.54, 1.807) is 18.5 Å². The van der Waals surface area contributed by atoms with Gasteiger partial charge in [0.2, 0.25) is 0 Å². The van der Waals surface area contributed by atoms with E-state index in [-0.39, 0.29) is 4.90 Å². The SMILES string of the molecule is Cc1nnc(Sc2cc(C(=O)O)c(F)cc2[N+](=O)[O-])n1C. The van der Waals surface area contributed by atoms with E-state index in [9.17, 15) is 19.3 Å². The van der Waals surface area contributed by atoms with Gasteiger partial charge in [-0.25, -0.2) is 9.18 Å². The Kier molecular flexibility index (Phi) is 3.89.